The molecule has 0 atom stereocenters. The predicted molar refractivity (Wildman–Crippen MR) is 81.7 cm³/mol. The van der Waals surface area contributed by atoms with Crippen LogP contribution in [-0.2, 0) is 11.3 Å². The summed E-state index contributed by atoms with van der Waals surface area (Å²) in [4.78, 5) is 8.60. The first-order valence-corrected chi connectivity index (χ1v) is 6.55. The lowest BCUT2D eigenvalue weighted by Gasteiger charge is -2.11. The minimum atomic E-state index is 0.296. The molecule has 7 heteroatoms. The van der Waals surface area contributed by atoms with Gasteiger partial charge in [-0.15, -0.1) is 0 Å². The zero-order valence-corrected chi connectivity index (χ0v) is 12.4. The van der Waals surface area contributed by atoms with E-state index in [0.29, 0.717) is 40.3 Å². The molecule has 2 aromatic rings. The summed E-state index contributed by atoms with van der Waals surface area (Å²) in [6.45, 7) is 0.296. The number of nitrogens with zero attached hydrogens (tertiary/aromatic N) is 3. The van der Waals surface area contributed by atoms with Gasteiger partial charge >= 0.3 is 0 Å². The second kappa shape index (κ2) is 6.88. The van der Waals surface area contributed by atoms with Gasteiger partial charge in [0.1, 0.15) is 24.3 Å². The monoisotopic (exact) mass is 303 g/mol. The predicted octanol–water partition coefficient (Wildman–Crippen LogP) is 2.93. The van der Waals surface area contributed by atoms with Crippen LogP contribution < -0.4 is 10.6 Å². The number of hydrogen-bond acceptors (Lipinski definition) is 6. The molecule has 0 saturated carbocycles. The maximum atomic E-state index is 9.13. The summed E-state index contributed by atoms with van der Waals surface area (Å²) in [7, 11) is 3.34. The number of ether oxygens (including phenoxy) is 1. The van der Waals surface area contributed by atoms with Crippen LogP contribution in [-0.4, -0.2) is 24.1 Å². The molecule has 2 N–H and O–H groups in total. The number of halogens is 1. The van der Waals surface area contributed by atoms with E-state index in [1.54, 1.807) is 38.4 Å². The van der Waals surface area contributed by atoms with Crippen molar-refractivity contribution in [2.45, 2.75) is 6.61 Å². The average molecular weight is 304 g/mol. The topological polar surface area (TPSA) is 82.9 Å². The quantitative estimate of drug-likeness (QED) is 0.883. The van der Waals surface area contributed by atoms with Gasteiger partial charge in [-0.25, -0.2) is 9.97 Å². The molecule has 0 radical (unpaired) electrons. The lowest BCUT2D eigenvalue weighted by molar-refractivity contribution is 0.178. The second-order valence-electron chi connectivity index (χ2n) is 4.16. The first-order chi connectivity index (χ1) is 10.2. The fourth-order valence-corrected chi connectivity index (χ4v) is 1.91. The highest BCUT2D eigenvalue weighted by molar-refractivity contribution is 6.30. The van der Waals surface area contributed by atoms with Gasteiger partial charge in [-0.1, -0.05) is 11.6 Å². The van der Waals surface area contributed by atoms with Crippen LogP contribution in [0.3, 0.4) is 0 Å². The summed E-state index contributed by atoms with van der Waals surface area (Å²) >= 11 is 5.97. The molecule has 1 aromatic carbocycles. The van der Waals surface area contributed by atoms with Crippen molar-refractivity contribution in [3.8, 4) is 6.07 Å². The van der Waals surface area contributed by atoms with Crippen LogP contribution in [0, 0.1) is 11.3 Å². The van der Waals surface area contributed by atoms with Gasteiger partial charge in [0, 0.05) is 25.2 Å². The Balaban J connectivity index is 2.37. The van der Waals surface area contributed by atoms with E-state index in [1.165, 1.54) is 0 Å². The molecule has 0 aliphatic rings. The van der Waals surface area contributed by atoms with Crippen LogP contribution in [0.4, 0.5) is 17.3 Å². The van der Waals surface area contributed by atoms with Crippen LogP contribution in [0.1, 0.15) is 11.4 Å². The van der Waals surface area contributed by atoms with Gasteiger partial charge in [0.05, 0.1) is 11.3 Å². The largest absolute Gasteiger partial charge is 0.377 e. The molecule has 1 heterocycles. The minimum absolute atomic E-state index is 0.296. The molecule has 21 heavy (non-hydrogen) atoms. The molecule has 0 aliphatic carbocycles. The first kappa shape index (κ1) is 15.0. The van der Waals surface area contributed by atoms with Crippen molar-refractivity contribution in [2.75, 3.05) is 24.8 Å². The molecule has 0 unspecified atom stereocenters. The Hall–Kier alpha value is -2.36. The average Bonchev–Trinajstić information content (AvgIpc) is 2.47. The van der Waals surface area contributed by atoms with E-state index in [-0.39, 0.29) is 0 Å². The molecule has 1 aromatic heterocycles. The van der Waals surface area contributed by atoms with Crippen molar-refractivity contribution in [1.29, 1.82) is 5.26 Å². The van der Waals surface area contributed by atoms with Crippen LogP contribution in [0.5, 0.6) is 0 Å². The molecule has 0 saturated heterocycles. The summed E-state index contributed by atoms with van der Waals surface area (Å²) in [5.41, 5.74) is 1.08. The van der Waals surface area contributed by atoms with Gasteiger partial charge in [-0.2, -0.15) is 5.26 Å². The summed E-state index contributed by atoms with van der Waals surface area (Å²) < 4.78 is 5.04. The maximum Gasteiger partial charge on any atom is 0.158 e. The van der Waals surface area contributed by atoms with Crippen molar-refractivity contribution in [3.63, 3.8) is 0 Å². The first-order valence-electron chi connectivity index (χ1n) is 6.17. The van der Waals surface area contributed by atoms with E-state index in [4.69, 9.17) is 21.6 Å². The number of rotatable bonds is 5. The molecule has 0 amide bonds. The molecular weight excluding hydrogens is 290 g/mol. The number of methoxy groups -OCH3 is 1. The van der Waals surface area contributed by atoms with Crippen LogP contribution in [0.2, 0.25) is 5.02 Å². The standard InChI is InChI=1S/C14H14ClN5O/c1-17-12-6-13(20-14(19-12)8-21-2)18-11-5-10(15)4-3-9(11)7-16/h3-6H,8H2,1-2H3,(H2,17,18,19,20). The smallest absolute Gasteiger partial charge is 0.158 e. The van der Waals surface area contributed by atoms with E-state index in [1.807, 2.05) is 0 Å². The number of hydrogen-bond donors (Lipinski definition) is 2. The molecule has 2 rings (SSSR count). The van der Waals surface area contributed by atoms with E-state index in [2.05, 4.69) is 26.7 Å². The van der Waals surface area contributed by atoms with Gasteiger partial charge in [0.15, 0.2) is 5.82 Å². The van der Waals surface area contributed by atoms with Gasteiger partial charge in [-0.3, -0.25) is 0 Å². The van der Waals surface area contributed by atoms with Gasteiger partial charge in [-0.05, 0) is 18.2 Å². The van der Waals surface area contributed by atoms with Crippen molar-refractivity contribution >= 4 is 28.9 Å². The molecule has 0 fully saturated rings. The Morgan fingerprint density at radius 1 is 1.29 bits per heavy atom. The number of anilines is 3. The molecular formula is C14H14ClN5O. The van der Waals surface area contributed by atoms with Gasteiger partial charge in [0.2, 0.25) is 0 Å². The molecule has 108 valence electrons. The summed E-state index contributed by atoms with van der Waals surface area (Å²) in [6, 6.07) is 8.84. The van der Waals surface area contributed by atoms with Gasteiger partial charge in [0.25, 0.3) is 0 Å². The highest BCUT2D eigenvalue weighted by atomic mass is 35.5. The number of nitrogens with one attached hydrogen (secondary N) is 2. The van der Waals surface area contributed by atoms with Crippen molar-refractivity contribution in [3.05, 3.63) is 40.7 Å². The Bertz CT molecular complexity index is 684. The minimum Gasteiger partial charge on any atom is -0.377 e. The SMILES string of the molecule is CNc1cc(Nc2cc(Cl)ccc2C#N)nc(COC)n1. The molecule has 0 spiro atoms. The fraction of sp³-hybridized carbons (Fsp3) is 0.214. The summed E-state index contributed by atoms with van der Waals surface area (Å²) in [6.07, 6.45) is 0. The van der Waals surface area contributed by atoms with Crippen molar-refractivity contribution < 1.29 is 4.74 Å². The van der Waals surface area contributed by atoms with E-state index in [0.717, 1.165) is 0 Å². The highest BCUT2D eigenvalue weighted by Gasteiger charge is 2.07. The summed E-state index contributed by atoms with van der Waals surface area (Å²) in [5, 5.41) is 15.7. The lowest BCUT2D eigenvalue weighted by Crippen LogP contribution is -2.05. The van der Waals surface area contributed by atoms with Crippen molar-refractivity contribution in [1.82, 2.24) is 9.97 Å². The van der Waals surface area contributed by atoms with Crippen LogP contribution in [0.15, 0.2) is 24.3 Å². The number of benzene rings is 1. The van der Waals surface area contributed by atoms with Gasteiger partial charge < -0.3 is 15.4 Å². The van der Waals surface area contributed by atoms with E-state index < -0.39 is 0 Å². The zero-order valence-electron chi connectivity index (χ0n) is 11.6. The third kappa shape index (κ3) is 3.81. The Morgan fingerprint density at radius 3 is 2.71 bits per heavy atom. The zero-order chi connectivity index (χ0) is 15.2. The number of nitriles is 1. The number of aromatic nitrogens is 2. The van der Waals surface area contributed by atoms with E-state index in [9.17, 15) is 0 Å². The summed E-state index contributed by atoms with van der Waals surface area (Å²) in [5.74, 6) is 1.74. The normalized spacial score (nSPS) is 10.0. The van der Waals surface area contributed by atoms with Crippen LogP contribution >= 0.6 is 11.6 Å². The Morgan fingerprint density at radius 2 is 2.05 bits per heavy atom. The maximum absolute atomic E-state index is 9.13. The molecule has 0 aliphatic heterocycles. The second-order valence-corrected chi connectivity index (χ2v) is 4.60. The third-order valence-electron chi connectivity index (χ3n) is 2.67. The van der Waals surface area contributed by atoms with Crippen LogP contribution in [0.25, 0.3) is 0 Å². The fourth-order valence-electron chi connectivity index (χ4n) is 1.74. The Labute approximate surface area is 127 Å². The third-order valence-corrected chi connectivity index (χ3v) is 2.90. The highest BCUT2D eigenvalue weighted by Crippen LogP contribution is 2.24. The van der Waals surface area contributed by atoms with Crippen molar-refractivity contribution in [2.24, 2.45) is 0 Å². The van der Waals surface area contributed by atoms with E-state index >= 15 is 0 Å². The molecule has 6 nitrogen and oxygen atoms in total. The molecule has 0 bridgehead atoms. The Kier molecular flexibility index (Phi) is 4.93. The lowest BCUT2D eigenvalue weighted by atomic mass is 10.2.